The van der Waals surface area contributed by atoms with Crippen LogP contribution in [-0.4, -0.2) is 24.7 Å². The number of para-hydroxylation sites is 2. The molecule has 138 valence electrons. The molecule has 0 fully saturated rings. The number of methoxy groups -OCH3 is 1. The summed E-state index contributed by atoms with van der Waals surface area (Å²) < 4.78 is 16.6. The standard InChI is InChI=1S/C21H19NO5/c1-21(24,18-11-13-6-3-4-8-15(13)26-18)12-22-20(23)17-10-14-7-5-9-16(25-2)19(14)27-17/h3-11,24H,12H2,1-2H3,(H,22,23). The van der Waals surface area contributed by atoms with Crippen molar-refractivity contribution in [2.24, 2.45) is 0 Å². The Hall–Kier alpha value is -3.25. The van der Waals surface area contributed by atoms with Gasteiger partial charge in [0.1, 0.15) is 16.9 Å². The van der Waals surface area contributed by atoms with Crippen LogP contribution in [0.2, 0.25) is 0 Å². The van der Waals surface area contributed by atoms with Crippen LogP contribution < -0.4 is 10.1 Å². The van der Waals surface area contributed by atoms with Gasteiger partial charge in [-0.3, -0.25) is 4.79 Å². The fourth-order valence-electron chi connectivity index (χ4n) is 2.98. The highest BCUT2D eigenvalue weighted by atomic mass is 16.5. The van der Waals surface area contributed by atoms with E-state index in [1.54, 1.807) is 32.2 Å². The van der Waals surface area contributed by atoms with E-state index in [1.807, 2.05) is 36.4 Å². The number of furan rings is 2. The van der Waals surface area contributed by atoms with Crippen molar-refractivity contribution in [3.8, 4) is 5.75 Å². The number of nitrogens with one attached hydrogen (secondary N) is 1. The number of benzene rings is 2. The van der Waals surface area contributed by atoms with Gasteiger partial charge in [-0.05, 0) is 31.2 Å². The molecule has 2 heterocycles. The number of aliphatic hydroxyl groups is 1. The van der Waals surface area contributed by atoms with E-state index in [4.69, 9.17) is 13.6 Å². The van der Waals surface area contributed by atoms with Crippen molar-refractivity contribution in [2.75, 3.05) is 13.7 Å². The average molecular weight is 365 g/mol. The van der Waals surface area contributed by atoms with Crippen LogP contribution in [0.25, 0.3) is 21.9 Å². The Morgan fingerprint density at radius 2 is 1.89 bits per heavy atom. The first-order valence-corrected chi connectivity index (χ1v) is 8.54. The van der Waals surface area contributed by atoms with Gasteiger partial charge in [0.2, 0.25) is 0 Å². The number of hydrogen-bond donors (Lipinski definition) is 2. The Labute approximate surface area is 155 Å². The van der Waals surface area contributed by atoms with Crippen LogP contribution >= 0.6 is 0 Å². The summed E-state index contributed by atoms with van der Waals surface area (Å²) in [7, 11) is 1.54. The number of amides is 1. The van der Waals surface area contributed by atoms with Crippen molar-refractivity contribution in [2.45, 2.75) is 12.5 Å². The molecule has 27 heavy (non-hydrogen) atoms. The monoisotopic (exact) mass is 365 g/mol. The van der Waals surface area contributed by atoms with Crippen LogP contribution in [0.5, 0.6) is 5.75 Å². The van der Waals surface area contributed by atoms with Crippen molar-refractivity contribution in [1.29, 1.82) is 0 Å². The van der Waals surface area contributed by atoms with Crippen LogP contribution in [0, 0.1) is 0 Å². The summed E-state index contributed by atoms with van der Waals surface area (Å²) in [5.41, 5.74) is -0.170. The summed E-state index contributed by atoms with van der Waals surface area (Å²) in [4.78, 5) is 12.5. The second-order valence-corrected chi connectivity index (χ2v) is 6.59. The normalized spacial score (nSPS) is 13.6. The third kappa shape index (κ3) is 3.15. The molecule has 6 heteroatoms. The molecular formula is C21H19NO5. The number of fused-ring (bicyclic) bond motifs is 2. The van der Waals surface area contributed by atoms with Crippen molar-refractivity contribution >= 4 is 27.8 Å². The van der Waals surface area contributed by atoms with E-state index in [2.05, 4.69) is 5.32 Å². The minimum absolute atomic E-state index is 0.0279. The van der Waals surface area contributed by atoms with E-state index in [1.165, 1.54) is 0 Å². The first-order chi connectivity index (χ1) is 13.0. The zero-order valence-electron chi connectivity index (χ0n) is 15.0. The maximum Gasteiger partial charge on any atom is 0.287 e. The van der Waals surface area contributed by atoms with E-state index in [9.17, 15) is 9.90 Å². The molecule has 0 aliphatic rings. The number of rotatable bonds is 5. The Morgan fingerprint density at radius 3 is 2.67 bits per heavy atom. The topological polar surface area (TPSA) is 84.8 Å². The molecule has 1 amide bonds. The van der Waals surface area contributed by atoms with Gasteiger partial charge in [0.05, 0.1) is 13.7 Å². The molecule has 2 N–H and O–H groups in total. The van der Waals surface area contributed by atoms with Gasteiger partial charge in [-0.2, -0.15) is 0 Å². The summed E-state index contributed by atoms with van der Waals surface area (Å²) in [6, 6.07) is 16.3. The lowest BCUT2D eigenvalue weighted by Gasteiger charge is -2.20. The minimum Gasteiger partial charge on any atom is -0.493 e. The van der Waals surface area contributed by atoms with Crippen molar-refractivity contribution in [3.63, 3.8) is 0 Å². The summed E-state index contributed by atoms with van der Waals surface area (Å²) in [6.07, 6.45) is 0. The molecule has 1 unspecified atom stereocenters. The maximum atomic E-state index is 12.5. The first-order valence-electron chi connectivity index (χ1n) is 8.54. The average Bonchev–Trinajstić information content (AvgIpc) is 3.30. The lowest BCUT2D eigenvalue weighted by molar-refractivity contribution is 0.0340. The molecule has 4 rings (SSSR count). The number of ether oxygens (including phenoxy) is 1. The van der Waals surface area contributed by atoms with E-state index in [-0.39, 0.29) is 12.3 Å². The zero-order chi connectivity index (χ0) is 19.0. The lowest BCUT2D eigenvalue weighted by atomic mass is 10.0. The molecule has 2 aromatic carbocycles. The minimum atomic E-state index is -1.36. The SMILES string of the molecule is COc1cccc2cc(C(=O)NCC(C)(O)c3cc4ccccc4o3)oc12. The highest BCUT2D eigenvalue weighted by molar-refractivity contribution is 5.97. The van der Waals surface area contributed by atoms with Gasteiger partial charge in [0, 0.05) is 10.8 Å². The largest absolute Gasteiger partial charge is 0.493 e. The first kappa shape index (κ1) is 17.2. The van der Waals surface area contributed by atoms with Gasteiger partial charge < -0.3 is 24.0 Å². The highest BCUT2D eigenvalue weighted by Gasteiger charge is 2.29. The van der Waals surface area contributed by atoms with Gasteiger partial charge in [-0.15, -0.1) is 0 Å². The van der Waals surface area contributed by atoms with E-state index in [0.29, 0.717) is 22.7 Å². The second-order valence-electron chi connectivity index (χ2n) is 6.59. The van der Waals surface area contributed by atoms with Gasteiger partial charge in [-0.25, -0.2) is 0 Å². The zero-order valence-corrected chi connectivity index (χ0v) is 15.0. The number of hydrogen-bond acceptors (Lipinski definition) is 5. The van der Waals surface area contributed by atoms with Gasteiger partial charge in [0.25, 0.3) is 5.91 Å². The molecule has 0 radical (unpaired) electrons. The van der Waals surface area contributed by atoms with Gasteiger partial charge in [0.15, 0.2) is 17.1 Å². The van der Waals surface area contributed by atoms with E-state index < -0.39 is 11.5 Å². The van der Waals surface area contributed by atoms with E-state index in [0.717, 1.165) is 10.8 Å². The summed E-state index contributed by atoms with van der Waals surface area (Å²) in [5, 5.41) is 15.1. The molecular weight excluding hydrogens is 346 g/mol. The van der Waals surface area contributed by atoms with Crippen molar-refractivity contribution in [3.05, 3.63) is 66.1 Å². The predicted molar refractivity (Wildman–Crippen MR) is 101 cm³/mol. The molecule has 0 bridgehead atoms. The Kier molecular flexibility index (Phi) is 4.12. The summed E-state index contributed by atoms with van der Waals surface area (Å²) >= 11 is 0. The molecule has 6 nitrogen and oxygen atoms in total. The fourth-order valence-corrected chi connectivity index (χ4v) is 2.98. The molecule has 0 aliphatic carbocycles. The molecule has 0 saturated heterocycles. The number of carbonyl (C=O) groups is 1. The van der Waals surface area contributed by atoms with Crippen molar-refractivity contribution in [1.82, 2.24) is 5.32 Å². The number of carbonyl (C=O) groups excluding carboxylic acids is 1. The van der Waals surface area contributed by atoms with E-state index >= 15 is 0 Å². The molecule has 0 saturated carbocycles. The second kappa shape index (κ2) is 6.48. The lowest BCUT2D eigenvalue weighted by Crippen LogP contribution is -2.38. The smallest absolute Gasteiger partial charge is 0.287 e. The van der Waals surface area contributed by atoms with Gasteiger partial charge in [-0.1, -0.05) is 30.3 Å². The summed E-state index contributed by atoms with van der Waals surface area (Å²) in [6.45, 7) is 1.56. The van der Waals surface area contributed by atoms with Gasteiger partial charge >= 0.3 is 0 Å². The molecule has 0 spiro atoms. The van der Waals surface area contributed by atoms with Crippen LogP contribution in [0.3, 0.4) is 0 Å². The van der Waals surface area contributed by atoms with Crippen LogP contribution in [-0.2, 0) is 5.60 Å². The third-order valence-electron chi connectivity index (χ3n) is 4.50. The maximum absolute atomic E-state index is 12.5. The van der Waals surface area contributed by atoms with Crippen LogP contribution in [0.4, 0.5) is 0 Å². The predicted octanol–water partition coefficient (Wildman–Crippen LogP) is 3.83. The molecule has 2 aromatic heterocycles. The molecule has 1 atom stereocenters. The van der Waals surface area contributed by atoms with Crippen LogP contribution in [0.15, 0.2) is 63.4 Å². The third-order valence-corrected chi connectivity index (χ3v) is 4.50. The quantitative estimate of drug-likeness (QED) is 0.561. The molecule has 0 aliphatic heterocycles. The Morgan fingerprint density at radius 1 is 1.11 bits per heavy atom. The van der Waals surface area contributed by atoms with Crippen LogP contribution in [0.1, 0.15) is 23.2 Å². The summed E-state index contributed by atoms with van der Waals surface area (Å²) in [5.74, 6) is 0.663. The Bertz CT molecular complexity index is 1090. The highest BCUT2D eigenvalue weighted by Crippen LogP contribution is 2.29. The fraction of sp³-hybridized carbons (Fsp3) is 0.190. The molecule has 4 aromatic rings. The Balaban J connectivity index is 1.52. The van der Waals surface area contributed by atoms with Crippen molar-refractivity contribution < 1.29 is 23.5 Å².